The molecule has 1 fully saturated rings. The van der Waals surface area contributed by atoms with E-state index in [1.807, 2.05) is 19.9 Å². The lowest BCUT2D eigenvalue weighted by molar-refractivity contribution is -0.137. The van der Waals surface area contributed by atoms with Gasteiger partial charge in [-0.1, -0.05) is 17.7 Å². The molecule has 1 saturated heterocycles. The minimum absolute atomic E-state index is 0.137. The van der Waals surface area contributed by atoms with Gasteiger partial charge >= 0.3 is 0 Å². The molecule has 4 N–H and O–H groups in total. The van der Waals surface area contributed by atoms with E-state index < -0.39 is 30.4 Å². The van der Waals surface area contributed by atoms with Crippen molar-refractivity contribution in [3.05, 3.63) is 65.5 Å². The third kappa shape index (κ3) is 4.61. The highest BCUT2D eigenvalue weighted by Crippen LogP contribution is 2.33. The fourth-order valence-corrected chi connectivity index (χ4v) is 4.30. The number of aryl methyl sites for hydroxylation is 2. The van der Waals surface area contributed by atoms with E-state index in [0.717, 1.165) is 11.1 Å². The van der Waals surface area contributed by atoms with Crippen LogP contribution in [0, 0.1) is 19.7 Å². The van der Waals surface area contributed by atoms with Gasteiger partial charge in [0.15, 0.2) is 35.1 Å². The summed E-state index contributed by atoms with van der Waals surface area (Å²) < 4.78 is 21.6. The highest BCUT2D eigenvalue weighted by Gasteiger charge is 2.47. The number of ether oxygens (including phenoxy) is 1. The Bertz CT molecular complexity index is 1480. The van der Waals surface area contributed by atoms with Crippen LogP contribution in [0.3, 0.4) is 0 Å². The molecule has 192 valence electrons. The van der Waals surface area contributed by atoms with Gasteiger partial charge in [0.2, 0.25) is 0 Å². The highest BCUT2D eigenvalue weighted by atomic mass is 19.1. The SMILES string of the molecule is CNC(=O)[C@@H]1OC(n2cnc3c(NCc4cc(C)ccc4F)nc(-c4cncc(C)c4)nc32)C(O)C1O. The predicted molar refractivity (Wildman–Crippen MR) is 132 cm³/mol. The van der Waals surface area contributed by atoms with E-state index in [-0.39, 0.29) is 18.0 Å². The van der Waals surface area contributed by atoms with Crippen molar-refractivity contribution < 1.29 is 24.1 Å². The van der Waals surface area contributed by atoms with Gasteiger partial charge in [-0.05, 0) is 31.5 Å². The lowest BCUT2D eigenvalue weighted by Crippen LogP contribution is -2.41. The number of nitrogens with zero attached hydrogens (tertiary/aromatic N) is 5. The van der Waals surface area contributed by atoms with Crippen LogP contribution >= 0.6 is 0 Å². The third-order valence-corrected chi connectivity index (χ3v) is 6.22. The molecule has 0 aliphatic carbocycles. The molecule has 11 nitrogen and oxygen atoms in total. The Morgan fingerprint density at radius 3 is 2.70 bits per heavy atom. The molecule has 1 aromatic carbocycles. The number of aromatic nitrogens is 5. The number of likely N-dealkylation sites (N-methyl/N-ethyl adjacent to an activating group) is 1. The summed E-state index contributed by atoms with van der Waals surface area (Å²) in [6, 6.07) is 6.71. The van der Waals surface area contributed by atoms with Gasteiger partial charge in [0.25, 0.3) is 5.91 Å². The number of halogens is 1. The Kier molecular flexibility index (Phi) is 6.54. The van der Waals surface area contributed by atoms with Crippen LogP contribution in [0.25, 0.3) is 22.6 Å². The molecule has 0 spiro atoms. The number of aliphatic hydroxyl groups excluding tert-OH is 2. The number of pyridine rings is 1. The molecular formula is C25H26FN7O4. The van der Waals surface area contributed by atoms with E-state index in [1.54, 1.807) is 24.5 Å². The number of aliphatic hydroxyl groups is 2. The first-order valence-corrected chi connectivity index (χ1v) is 11.7. The van der Waals surface area contributed by atoms with E-state index in [1.165, 1.54) is 24.0 Å². The van der Waals surface area contributed by atoms with Crippen molar-refractivity contribution in [1.29, 1.82) is 0 Å². The topological polar surface area (TPSA) is 147 Å². The lowest BCUT2D eigenvalue weighted by atomic mass is 10.1. The van der Waals surface area contributed by atoms with Gasteiger partial charge in [-0.15, -0.1) is 0 Å². The van der Waals surface area contributed by atoms with Crippen molar-refractivity contribution >= 4 is 22.9 Å². The minimum Gasteiger partial charge on any atom is -0.387 e. The van der Waals surface area contributed by atoms with Crippen molar-refractivity contribution in [3.63, 3.8) is 0 Å². The maximum atomic E-state index is 14.4. The van der Waals surface area contributed by atoms with Crippen LogP contribution in [0.15, 0.2) is 43.0 Å². The molecule has 1 aliphatic rings. The largest absolute Gasteiger partial charge is 0.387 e. The molecule has 3 unspecified atom stereocenters. The number of anilines is 1. The number of benzene rings is 1. The summed E-state index contributed by atoms with van der Waals surface area (Å²) in [7, 11) is 1.41. The molecule has 0 bridgehead atoms. The first-order chi connectivity index (χ1) is 17.8. The van der Waals surface area contributed by atoms with Gasteiger partial charge in [-0.25, -0.2) is 19.3 Å². The number of hydrogen-bond donors (Lipinski definition) is 4. The van der Waals surface area contributed by atoms with E-state index in [9.17, 15) is 19.4 Å². The second-order valence-electron chi connectivity index (χ2n) is 8.96. The molecule has 5 rings (SSSR count). The molecule has 1 amide bonds. The van der Waals surface area contributed by atoms with Crippen molar-refractivity contribution in [2.75, 3.05) is 12.4 Å². The molecule has 0 radical (unpaired) electrons. The predicted octanol–water partition coefficient (Wildman–Crippen LogP) is 1.62. The number of carbonyl (C=O) groups excluding carboxylic acids is 1. The number of hydrogen-bond acceptors (Lipinski definition) is 9. The Morgan fingerprint density at radius 1 is 1.14 bits per heavy atom. The number of imidazole rings is 1. The summed E-state index contributed by atoms with van der Waals surface area (Å²) in [6.07, 6.45) is -0.569. The number of carbonyl (C=O) groups is 1. The van der Waals surface area contributed by atoms with E-state index in [0.29, 0.717) is 28.3 Å². The Balaban J connectivity index is 1.59. The monoisotopic (exact) mass is 507 g/mol. The maximum Gasteiger partial charge on any atom is 0.251 e. The van der Waals surface area contributed by atoms with Crippen LogP contribution in [0.2, 0.25) is 0 Å². The zero-order valence-electron chi connectivity index (χ0n) is 20.4. The van der Waals surface area contributed by atoms with Crippen molar-refractivity contribution in [2.45, 2.75) is 44.9 Å². The van der Waals surface area contributed by atoms with Gasteiger partial charge in [0.05, 0.1) is 6.33 Å². The van der Waals surface area contributed by atoms with Gasteiger partial charge in [0.1, 0.15) is 18.0 Å². The lowest BCUT2D eigenvalue weighted by Gasteiger charge is -2.17. The number of amides is 1. The van der Waals surface area contributed by atoms with Gasteiger partial charge in [0, 0.05) is 37.1 Å². The average Bonchev–Trinajstić information content (AvgIpc) is 3.44. The van der Waals surface area contributed by atoms with Crippen molar-refractivity contribution in [2.24, 2.45) is 0 Å². The first-order valence-electron chi connectivity index (χ1n) is 11.7. The molecule has 4 atom stereocenters. The number of fused-ring (bicyclic) bond motifs is 1. The van der Waals surface area contributed by atoms with Crippen LogP contribution < -0.4 is 10.6 Å². The van der Waals surface area contributed by atoms with Crippen LogP contribution in [-0.4, -0.2) is 66.0 Å². The molecule has 12 heteroatoms. The molecule has 37 heavy (non-hydrogen) atoms. The minimum atomic E-state index is -1.45. The zero-order chi connectivity index (χ0) is 26.3. The fraction of sp³-hybridized carbons (Fsp3) is 0.320. The second kappa shape index (κ2) is 9.81. The van der Waals surface area contributed by atoms with Crippen molar-refractivity contribution in [1.82, 2.24) is 29.8 Å². The molecule has 1 aliphatic heterocycles. The fourth-order valence-electron chi connectivity index (χ4n) is 4.30. The number of rotatable bonds is 6. The first kappa shape index (κ1) is 24.7. The van der Waals surface area contributed by atoms with Gasteiger partial charge in [-0.2, -0.15) is 0 Å². The van der Waals surface area contributed by atoms with Gasteiger partial charge < -0.3 is 25.6 Å². The van der Waals surface area contributed by atoms with Crippen LogP contribution in [-0.2, 0) is 16.1 Å². The summed E-state index contributed by atoms with van der Waals surface area (Å²) in [5, 5.41) is 26.7. The molecule has 3 aromatic heterocycles. The summed E-state index contributed by atoms with van der Waals surface area (Å²) >= 11 is 0. The molecule has 0 saturated carbocycles. The summed E-state index contributed by atoms with van der Waals surface area (Å²) in [5.74, 6) is -0.276. The van der Waals surface area contributed by atoms with Crippen LogP contribution in [0.4, 0.5) is 10.2 Å². The number of nitrogens with one attached hydrogen (secondary N) is 2. The quantitative estimate of drug-likeness (QED) is 0.306. The normalized spacial score (nSPS) is 21.4. The van der Waals surface area contributed by atoms with Crippen molar-refractivity contribution in [3.8, 4) is 11.4 Å². The summed E-state index contributed by atoms with van der Waals surface area (Å²) in [5.41, 5.74) is 3.53. The third-order valence-electron chi connectivity index (χ3n) is 6.22. The smallest absolute Gasteiger partial charge is 0.251 e. The highest BCUT2D eigenvalue weighted by molar-refractivity contribution is 5.85. The Morgan fingerprint density at radius 2 is 1.95 bits per heavy atom. The Labute approximate surface area is 211 Å². The molecule has 4 heterocycles. The van der Waals surface area contributed by atoms with Gasteiger partial charge in [-0.3, -0.25) is 14.3 Å². The van der Waals surface area contributed by atoms with E-state index >= 15 is 0 Å². The average molecular weight is 508 g/mol. The molecule has 4 aromatic rings. The van der Waals surface area contributed by atoms with E-state index in [4.69, 9.17) is 4.74 Å². The van der Waals surface area contributed by atoms with E-state index in [2.05, 4.69) is 30.6 Å². The zero-order valence-corrected chi connectivity index (χ0v) is 20.4. The standard InChI is InChI=1S/C25H26FN7O4/c1-12-4-5-16(26)14(6-12)10-29-22-17-23(32-21(31-22)15-7-13(2)8-28-9-15)33(11-30-17)25-19(35)18(34)20(37-25)24(36)27-3/h4-9,11,18-20,25,34-35H,10H2,1-3H3,(H,27,36)(H,29,31,32)/t18?,19?,20-,25?/m1/s1. The molecular weight excluding hydrogens is 481 g/mol. The second-order valence-corrected chi connectivity index (χ2v) is 8.96. The maximum absolute atomic E-state index is 14.4. The Hall–Kier alpha value is -4.00. The summed E-state index contributed by atoms with van der Waals surface area (Å²) in [4.78, 5) is 30.1. The summed E-state index contributed by atoms with van der Waals surface area (Å²) in [6.45, 7) is 3.91. The van der Waals surface area contributed by atoms with Crippen LogP contribution in [0.1, 0.15) is 22.9 Å². The van der Waals surface area contributed by atoms with Crippen LogP contribution in [0.5, 0.6) is 0 Å².